The number of ether oxygens (including phenoxy) is 2. The summed E-state index contributed by atoms with van der Waals surface area (Å²) in [4.78, 5) is 33.9. The highest BCUT2D eigenvalue weighted by molar-refractivity contribution is 6.03. The van der Waals surface area contributed by atoms with Gasteiger partial charge in [-0.05, 0) is 30.5 Å². The van der Waals surface area contributed by atoms with Crippen LogP contribution >= 0.6 is 0 Å². The second-order valence-corrected chi connectivity index (χ2v) is 8.36. The minimum Gasteiger partial charge on any atom is -0.469 e. The van der Waals surface area contributed by atoms with Crippen LogP contribution in [0.3, 0.4) is 0 Å². The molecular weight excluding hydrogens is 408 g/mol. The molecule has 0 spiro atoms. The van der Waals surface area contributed by atoms with Crippen molar-refractivity contribution in [2.24, 2.45) is 11.8 Å². The van der Waals surface area contributed by atoms with E-state index in [-0.39, 0.29) is 0 Å². The molecule has 0 aliphatic heterocycles. The summed E-state index contributed by atoms with van der Waals surface area (Å²) in [5.41, 5.74) is 2.78. The predicted octanol–water partition coefficient (Wildman–Crippen LogP) is 4.61. The van der Waals surface area contributed by atoms with E-state index in [0.29, 0.717) is 45.5 Å². The summed E-state index contributed by atoms with van der Waals surface area (Å²) in [7, 11) is 2.65. The zero-order chi connectivity index (χ0) is 23.3. The van der Waals surface area contributed by atoms with Gasteiger partial charge in [-0.1, -0.05) is 51.3 Å². The molecule has 0 aliphatic rings. The van der Waals surface area contributed by atoms with Crippen molar-refractivity contribution in [3.63, 3.8) is 0 Å². The van der Waals surface area contributed by atoms with Gasteiger partial charge in [-0.3, -0.25) is 4.79 Å². The standard InChI is InChI=1S/C25H30N2O5/c1-15(2)9-5-6-10-18(25(30)32-4)23(28)16-11-7-13-19-21(16)26-20-14-8-12-17(22(20)27-19)24(29)31-3/h7-8,11-15,18,23,28H,5-6,9-10H2,1-4H3/t18-,23-/m1/s1. The van der Waals surface area contributed by atoms with Crippen molar-refractivity contribution < 1.29 is 24.2 Å². The van der Waals surface area contributed by atoms with Crippen LogP contribution in [0.1, 0.15) is 61.6 Å². The van der Waals surface area contributed by atoms with Gasteiger partial charge in [0.2, 0.25) is 0 Å². The van der Waals surface area contributed by atoms with Gasteiger partial charge >= 0.3 is 11.9 Å². The number of benzene rings is 2. The molecular formula is C25H30N2O5. The molecule has 2 aromatic carbocycles. The first-order valence-electron chi connectivity index (χ1n) is 10.9. The van der Waals surface area contributed by atoms with Gasteiger partial charge in [0.05, 0.1) is 48.4 Å². The number of rotatable bonds is 9. The van der Waals surface area contributed by atoms with E-state index in [9.17, 15) is 14.7 Å². The first kappa shape index (κ1) is 23.6. The van der Waals surface area contributed by atoms with Gasteiger partial charge in [0.15, 0.2) is 0 Å². The Kier molecular flexibility index (Phi) is 7.75. The first-order chi connectivity index (χ1) is 15.4. The Morgan fingerprint density at radius 3 is 2.19 bits per heavy atom. The fraction of sp³-hybridized carbons (Fsp3) is 0.440. The van der Waals surface area contributed by atoms with Crippen molar-refractivity contribution in [3.05, 3.63) is 47.5 Å². The van der Waals surface area contributed by atoms with Crippen LogP contribution in [0.15, 0.2) is 36.4 Å². The van der Waals surface area contributed by atoms with Gasteiger partial charge < -0.3 is 14.6 Å². The number of aliphatic hydroxyl groups is 1. The molecule has 0 bridgehead atoms. The minimum absolute atomic E-state index is 0.322. The van der Waals surface area contributed by atoms with E-state index in [4.69, 9.17) is 9.47 Å². The molecule has 2 atom stereocenters. The molecule has 0 amide bonds. The zero-order valence-corrected chi connectivity index (χ0v) is 19.0. The van der Waals surface area contributed by atoms with Gasteiger partial charge in [-0.15, -0.1) is 0 Å². The average molecular weight is 439 g/mol. The van der Waals surface area contributed by atoms with Crippen LogP contribution in [0, 0.1) is 11.8 Å². The van der Waals surface area contributed by atoms with Gasteiger partial charge in [0.1, 0.15) is 5.52 Å². The van der Waals surface area contributed by atoms with E-state index in [1.165, 1.54) is 14.2 Å². The summed E-state index contributed by atoms with van der Waals surface area (Å²) in [6.07, 6.45) is 2.30. The van der Waals surface area contributed by atoms with E-state index in [1.54, 1.807) is 36.4 Å². The average Bonchev–Trinajstić information content (AvgIpc) is 2.80. The Labute approximate surface area is 187 Å². The highest BCUT2D eigenvalue weighted by Crippen LogP contribution is 2.32. The lowest BCUT2D eigenvalue weighted by Gasteiger charge is -2.22. The Morgan fingerprint density at radius 1 is 0.906 bits per heavy atom. The molecule has 3 aromatic rings. The zero-order valence-electron chi connectivity index (χ0n) is 19.0. The van der Waals surface area contributed by atoms with Crippen molar-refractivity contribution in [2.75, 3.05) is 14.2 Å². The van der Waals surface area contributed by atoms with Crippen LogP contribution in [-0.4, -0.2) is 41.2 Å². The number of aromatic nitrogens is 2. The summed E-state index contributed by atoms with van der Waals surface area (Å²) in [5.74, 6) is -1.04. The molecule has 7 nitrogen and oxygen atoms in total. The van der Waals surface area contributed by atoms with Crippen molar-refractivity contribution in [2.45, 2.75) is 45.6 Å². The number of methoxy groups -OCH3 is 2. The second-order valence-electron chi connectivity index (χ2n) is 8.36. The lowest BCUT2D eigenvalue weighted by molar-refractivity contribution is -0.150. The highest BCUT2D eigenvalue weighted by atomic mass is 16.5. The minimum atomic E-state index is -1.08. The molecule has 0 saturated heterocycles. The van der Waals surface area contributed by atoms with Crippen LogP contribution < -0.4 is 0 Å². The third-order valence-corrected chi connectivity index (χ3v) is 5.68. The Morgan fingerprint density at radius 2 is 1.53 bits per heavy atom. The molecule has 3 rings (SSSR count). The quantitative estimate of drug-likeness (QED) is 0.296. The number of hydrogen-bond acceptors (Lipinski definition) is 7. The van der Waals surface area contributed by atoms with E-state index < -0.39 is 24.0 Å². The maximum atomic E-state index is 12.5. The van der Waals surface area contributed by atoms with E-state index >= 15 is 0 Å². The molecule has 0 unspecified atom stereocenters. The van der Waals surface area contributed by atoms with E-state index in [2.05, 4.69) is 23.8 Å². The van der Waals surface area contributed by atoms with Crippen molar-refractivity contribution in [1.29, 1.82) is 0 Å². The molecule has 0 fully saturated rings. The number of aliphatic hydroxyl groups excluding tert-OH is 1. The second kappa shape index (κ2) is 10.5. The van der Waals surface area contributed by atoms with Crippen molar-refractivity contribution in [1.82, 2.24) is 9.97 Å². The number of unbranched alkanes of at least 4 members (excludes halogenated alkanes) is 1. The maximum absolute atomic E-state index is 12.5. The fourth-order valence-corrected chi connectivity index (χ4v) is 3.94. The molecule has 32 heavy (non-hydrogen) atoms. The Bertz CT molecular complexity index is 1110. The highest BCUT2D eigenvalue weighted by Gasteiger charge is 2.30. The molecule has 170 valence electrons. The number of fused-ring (bicyclic) bond motifs is 2. The summed E-state index contributed by atoms with van der Waals surface area (Å²) in [5, 5.41) is 11.2. The van der Waals surface area contributed by atoms with Crippen molar-refractivity contribution in [3.8, 4) is 0 Å². The van der Waals surface area contributed by atoms with Crippen LogP contribution in [0.25, 0.3) is 22.1 Å². The summed E-state index contributed by atoms with van der Waals surface area (Å²) >= 11 is 0. The van der Waals surface area contributed by atoms with Gasteiger partial charge in [-0.25, -0.2) is 14.8 Å². The Hall–Kier alpha value is -3.06. The summed E-state index contributed by atoms with van der Waals surface area (Å²) < 4.78 is 9.84. The number of nitrogens with zero attached hydrogens (tertiary/aromatic N) is 2. The third-order valence-electron chi connectivity index (χ3n) is 5.68. The number of para-hydroxylation sites is 2. The molecule has 0 radical (unpaired) electrons. The Balaban J connectivity index is 2.01. The van der Waals surface area contributed by atoms with E-state index in [1.807, 2.05) is 0 Å². The number of carbonyl (C=O) groups excluding carboxylic acids is 2. The van der Waals surface area contributed by atoms with Crippen LogP contribution in [0.5, 0.6) is 0 Å². The molecule has 7 heteroatoms. The lowest BCUT2D eigenvalue weighted by atomic mass is 9.89. The van der Waals surface area contributed by atoms with Gasteiger partial charge in [-0.2, -0.15) is 0 Å². The van der Waals surface area contributed by atoms with E-state index in [0.717, 1.165) is 19.3 Å². The number of hydrogen-bond donors (Lipinski definition) is 1. The van der Waals surface area contributed by atoms with Gasteiger partial charge in [0.25, 0.3) is 0 Å². The normalized spacial score (nSPS) is 13.3. The van der Waals surface area contributed by atoms with Crippen LogP contribution in [0.2, 0.25) is 0 Å². The molecule has 1 heterocycles. The fourth-order valence-electron chi connectivity index (χ4n) is 3.94. The summed E-state index contributed by atoms with van der Waals surface area (Å²) in [6.45, 7) is 4.33. The molecule has 1 aromatic heterocycles. The third kappa shape index (κ3) is 5.05. The summed E-state index contributed by atoms with van der Waals surface area (Å²) in [6, 6.07) is 10.4. The molecule has 0 aliphatic carbocycles. The number of esters is 2. The van der Waals surface area contributed by atoms with Crippen LogP contribution in [0.4, 0.5) is 0 Å². The first-order valence-corrected chi connectivity index (χ1v) is 10.9. The molecule has 1 N–H and O–H groups in total. The smallest absolute Gasteiger partial charge is 0.340 e. The van der Waals surface area contributed by atoms with Crippen LogP contribution in [-0.2, 0) is 14.3 Å². The topological polar surface area (TPSA) is 98.6 Å². The lowest BCUT2D eigenvalue weighted by Crippen LogP contribution is -2.24. The number of carbonyl (C=O) groups is 2. The predicted molar refractivity (Wildman–Crippen MR) is 122 cm³/mol. The monoisotopic (exact) mass is 438 g/mol. The SMILES string of the molecule is COC(=O)c1cccc2nc3c([C@@H](O)[C@@H](CCCCC(C)C)C(=O)OC)cccc3nc12. The maximum Gasteiger partial charge on any atom is 0.340 e. The molecule has 0 saturated carbocycles. The largest absolute Gasteiger partial charge is 0.469 e. The van der Waals surface area contributed by atoms with Crippen molar-refractivity contribution >= 4 is 34.0 Å². The van der Waals surface area contributed by atoms with Gasteiger partial charge in [0, 0.05) is 5.56 Å².